The highest BCUT2D eigenvalue weighted by Crippen LogP contribution is 2.18. The Hall–Kier alpha value is -2.49. The largest absolute Gasteiger partial charge is 0.354 e. The predicted octanol–water partition coefficient (Wildman–Crippen LogP) is 2.47. The lowest BCUT2D eigenvalue weighted by atomic mass is 10.0. The monoisotopic (exact) mass is 459 g/mol. The molecule has 1 aromatic carbocycles. The van der Waals surface area contributed by atoms with Crippen LogP contribution in [-0.2, 0) is 14.8 Å². The van der Waals surface area contributed by atoms with Crippen LogP contribution in [-0.4, -0.2) is 63.5 Å². The topological polar surface area (TPSA) is 94.6 Å². The molecule has 0 aliphatic carbocycles. The van der Waals surface area contributed by atoms with Crippen molar-refractivity contribution in [3.05, 3.63) is 48.2 Å². The van der Waals surface area contributed by atoms with Crippen LogP contribution in [0.5, 0.6) is 0 Å². The van der Waals surface area contributed by atoms with E-state index in [0.717, 1.165) is 37.6 Å². The molecule has 32 heavy (non-hydrogen) atoms. The summed E-state index contributed by atoms with van der Waals surface area (Å²) in [6.45, 7) is 9.58. The zero-order valence-electron chi connectivity index (χ0n) is 19.2. The highest BCUT2D eigenvalue weighted by molar-refractivity contribution is 7.89. The molecular formula is C23H33N5O3S. The highest BCUT2D eigenvalue weighted by Gasteiger charge is 2.27. The molecule has 3 rings (SSSR count). The molecule has 0 bridgehead atoms. The van der Waals surface area contributed by atoms with Crippen LogP contribution >= 0.6 is 0 Å². The number of piperazine rings is 1. The first-order chi connectivity index (χ1) is 15.1. The van der Waals surface area contributed by atoms with Crippen LogP contribution in [0.15, 0.2) is 47.5 Å². The quantitative estimate of drug-likeness (QED) is 0.630. The minimum absolute atomic E-state index is 0.129. The van der Waals surface area contributed by atoms with Crippen LogP contribution < -0.4 is 14.9 Å². The van der Waals surface area contributed by atoms with Crippen molar-refractivity contribution in [1.29, 1.82) is 0 Å². The Kier molecular flexibility index (Phi) is 7.86. The Morgan fingerprint density at radius 1 is 1.06 bits per heavy atom. The SMILES string of the molecule is Cc1ccc(S(=O)(=O)N[C@@H](CC(C)C)C(=O)Nc2ccc(N3CCN(C)CC3)nc2)cc1. The molecule has 1 aromatic heterocycles. The number of aromatic nitrogens is 1. The van der Waals surface area contributed by atoms with E-state index in [9.17, 15) is 13.2 Å². The number of carbonyl (C=O) groups is 1. The average molecular weight is 460 g/mol. The van der Waals surface area contributed by atoms with Gasteiger partial charge in [0.15, 0.2) is 0 Å². The van der Waals surface area contributed by atoms with Gasteiger partial charge in [-0.1, -0.05) is 31.5 Å². The molecule has 9 heteroatoms. The number of amides is 1. The van der Waals surface area contributed by atoms with E-state index in [2.05, 4.69) is 31.9 Å². The van der Waals surface area contributed by atoms with Gasteiger partial charge in [-0.3, -0.25) is 4.79 Å². The van der Waals surface area contributed by atoms with Gasteiger partial charge in [-0.05, 0) is 50.6 Å². The van der Waals surface area contributed by atoms with Crippen molar-refractivity contribution in [3.8, 4) is 0 Å². The summed E-state index contributed by atoms with van der Waals surface area (Å²) in [5, 5.41) is 2.81. The second kappa shape index (κ2) is 10.4. The summed E-state index contributed by atoms with van der Waals surface area (Å²) in [4.78, 5) is 22.1. The second-order valence-electron chi connectivity index (χ2n) is 8.80. The minimum Gasteiger partial charge on any atom is -0.354 e. The molecule has 0 unspecified atom stereocenters. The van der Waals surface area contributed by atoms with Crippen LogP contribution in [0.2, 0.25) is 0 Å². The molecular weight excluding hydrogens is 426 g/mol. The molecule has 174 valence electrons. The van der Waals surface area contributed by atoms with Gasteiger partial charge in [0.1, 0.15) is 11.9 Å². The summed E-state index contributed by atoms with van der Waals surface area (Å²) in [5.74, 6) is 0.600. The fraction of sp³-hybridized carbons (Fsp3) is 0.478. The van der Waals surface area contributed by atoms with Crippen molar-refractivity contribution in [2.75, 3.05) is 43.4 Å². The van der Waals surface area contributed by atoms with Crippen molar-refractivity contribution in [2.45, 2.75) is 38.1 Å². The summed E-state index contributed by atoms with van der Waals surface area (Å²) >= 11 is 0. The zero-order valence-corrected chi connectivity index (χ0v) is 20.0. The molecule has 0 spiro atoms. The molecule has 2 aromatic rings. The lowest BCUT2D eigenvalue weighted by Crippen LogP contribution is -2.45. The van der Waals surface area contributed by atoms with Gasteiger partial charge in [0.2, 0.25) is 15.9 Å². The Bertz CT molecular complexity index is 999. The molecule has 1 aliphatic rings. The van der Waals surface area contributed by atoms with Crippen LogP contribution in [0, 0.1) is 12.8 Å². The number of nitrogens with one attached hydrogen (secondary N) is 2. The summed E-state index contributed by atoms with van der Waals surface area (Å²) in [6, 6.07) is 9.36. The summed E-state index contributed by atoms with van der Waals surface area (Å²) < 4.78 is 28.2. The molecule has 1 atom stereocenters. The van der Waals surface area contributed by atoms with Gasteiger partial charge in [-0.2, -0.15) is 4.72 Å². The van der Waals surface area contributed by atoms with Crippen LogP contribution in [0.1, 0.15) is 25.8 Å². The Balaban J connectivity index is 1.68. The average Bonchev–Trinajstić information content (AvgIpc) is 2.74. The number of hydrogen-bond acceptors (Lipinski definition) is 6. The third kappa shape index (κ3) is 6.51. The highest BCUT2D eigenvalue weighted by atomic mass is 32.2. The van der Waals surface area contributed by atoms with Crippen LogP contribution in [0.3, 0.4) is 0 Å². The third-order valence-corrected chi connectivity index (χ3v) is 6.98. The smallest absolute Gasteiger partial charge is 0.242 e. The Labute approximate surface area is 191 Å². The van der Waals surface area contributed by atoms with E-state index in [1.54, 1.807) is 36.5 Å². The van der Waals surface area contributed by atoms with Gasteiger partial charge in [0, 0.05) is 26.2 Å². The van der Waals surface area contributed by atoms with E-state index in [-0.39, 0.29) is 10.8 Å². The number of hydrogen-bond donors (Lipinski definition) is 2. The van der Waals surface area contributed by atoms with E-state index in [0.29, 0.717) is 12.1 Å². The van der Waals surface area contributed by atoms with Gasteiger partial charge < -0.3 is 15.1 Å². The number of nitrogens with zero attached hydrogens (tertiary/aromatic N) is 3. The fourth-order valence-corrected chi connectivity index (χ4v) is 4.77. The van der Waals surface area contributed by atoms with Crippen LogP contribution in [0.25, 0.3) is 0 Å². The molecule has 0 radical (unpaired) electrons. The number of likely N-dealkylation sites (N-methyl/N-ethyl adjacent to an activating group) is 1. The Morgan fingerprint density at radius 3 is 2.28 bits per heavy atom. The standard InChI is InChI=1S/C23H33N5O3S/c1-17(2)15-21(26-32(30,31)20-8-5-18(3)6-9-20)23(29)25-19-7-10-22(24-16-19)28-13-11-27(4)12-14-28/h5-10,16-17,21,26H,11-15H2,1-4H3,(H,25,29)/t21-/m0/s1. The molecule has 1 amide bonds. The van der Waals surface area contributed by atoms with E-state index in [1.807, 2.05) is 26.8 Å². The lowest BCUT2D eigenvalue weighted by molar-refractivity contribution is -0.118. The van der Waals surface area contributed by atoms with Gasteiger partial charge in [-0.25, -0.2) is 13.4 Å². The van der Waals surface area contributed by atoms with Gasteiger partial charge in [0.25, 0.3) is 0 Å². The molecule has 2 N–H and O–H groups in total. The minimum atomic E-state index is -3.82. The van der Waals surface area contributed by atoms with Crippen molar-refractivity contribution < 1.29 is 13.2 Å². The molecule has 1 fully saturated rings. The fourth-order valence-electron chi connectivity index (χ4n) is 3.56. The summed E-state index contributed by atoms with van der Waals surface area (Å²) in [5.41, 5.74) is 1.50. The maximum Gasteiger partial charge on any atom is 0.242 e. The number of aryl methyl sites for hydroxylation is 1. The van der Waals surface area contributed by atoms with Gasteiger partial charge in [0.05, 0.1) is 16.8 Å². The number of sulfonamides is 1. The maximum atomic E-state index is 13.0. The van der Waals surface area contributed by atoms with Gasteiger partial charge >= 0.3 is 0 Å². The van der Waals surface area contributed by atoms with E-state index in [4.69, 9.17) is 0 Å². The van der Waals surface area contributed by atoms with E-state index < -0.39 is 22.0 Å². The number of rotatable bonds is 8. The van der Waals surface area contributed by atoms with Crippen molar-refractivity contribution in [2.24, 2.45) is 5.92 Å². The zero-order chi connectivity index (χ0) is 23.3. The lowest BCUT2D eigenvalue weighted by Gasteiger charge is -2.33. The molecule has 2 heterocycles. The number of pyridine rings is 1. The first-order valence-electron chi connectivity index (χ1n) is 10.9. The first-order valence-corrected chi connectivity index (χ1v) is 12.4. The number of anilines is 2. The number of carbonyl (C=O) groups excluding carboxylic acids is 1. The van der Waals surface area contributed by atoms with Crippen molar-refractivity contribution in [1.82, 2.24) is 14.6 Å². The molecule has 0 saturated carbocycles. The van der Waals surface area contributed by atoms with Crippen molar-refractivity contribution in [3.63, 3.8) is 0 Å². The number of benzene rings is 1. The molecule has 1 saturated heterocycles. The van der Waals surface area contributed by atoms with E-state index >= 15 is 0 Å². The summed E-state index contributed by atoms with van der Waals surface area (Å²) in [7, 11) is -1.72. The summed E-state index contributed by atoms with van der Waals surface area (Å²) in [6.07, 6.45) is 2.00. The second-order valence-corrected chi connectivity index (χ2v) is 10.5. The maximum absolute atomic E-state index is 13.0. The predicted molar refractivity (Wildman–Crippen MR) is 127 cm³/mol. The van der Waals surface area contributed by atoms with E-state index in [1.165, 1.54) is 0 Å². The third-order valence-electron chi connectivity index (χ3n) is 5.49. The Morgan fingerprint density at radius 2 is 1.72 bits per heavy atom. The van der Waals surface area contributed by atoms with Gasteiger partial charge in [-0.15, -0.1) is 0 Å². The van der Waals surface area contributed by atoms with Crippen LogP contribution in [0.4, 0.5) is 11.5 Å². The molecule has 8 nitrogen and oxygen atoms in total. The van der Waals surface area contributed by atoms with Crippen molar-refractivity contribution >= 4 is 27.4 Å². The first kappa shape index (κ1) is 24.2. The normalized spacial score (nSPS) is 16.2. The molecule has 1 aliphatic heterocycles.